The Balaban J connectivity index is 2.15. The van der Waals surface area contributed by atoms with Crippen LogP contribution >= 0.6 is 12.2 Å². The zero-order chi connectivity index (χ0) is 15.3. The second-order valence-corrected chi connectivity index (χ2v) is 5.68. The van der Waals surface area contributed by atoms with Crippen molar-refractivity contribution in [1.82, 2.24) is 14.9 Å². The van der Waals surface area contributed by atoms with E-state index in [1.165, 1.54) is 24.7 Å². The summed E-state index contributed by atoms with van der Waals surface area (Å²) in [6.45, 7) is 5.81. The molecule has 0 fully saturated rings. The van der Waals surface area contributed by atoms with E-state index in [1.807, 2.05) is 18.2 Å². The van der Waals surface area contributed by atoms with Gasteiger partial charge in [-0.1, -0.05) is 30.3 Å². The topological polar surface area (TPSA) is 53.6 Å². The van der Waals surface area contributed by atoms with Crippen molar-refractivity contribution >= 4 is 18.1 Å². The highest BCUT2D eigenvalue weighted by Crippen LogP contribution is 2.14. The van der Waals surface area contributed by atoms with Crippen molar-refractivity contribution in [2.75, 3.05) is 33.3 Å². The number of amides is 1. The fourth-order valence-corrected chi connectivity index (χ4v) is 2.42. The predicted octanol–water partition coefficient (Wildman–Crippen LogP) is 1.81. The monoisotopic (exact) mass is 311 g/mol. The second kappa shape index (κ2) is 11.6. The number of nitrogens with one attached hydrogen (secondary N) is 2. The van der Waals surface area contributed by atoms with Crippen LogP contribution in [0, 0.1) is 0 Å². The van der Waals surface area contributed by atoms with E-state index < -0.39 is 0 Å². The van der Waals surface area contributed by atoms with Crippen molar-refractivity contribution in [3.8, 4) is 0 Å². The maximum absolute atomic E-state index is 10.7. The molecule has 0 heterocycles. The van der Waals surface area contributed by atoms with Gasteiger partial charge in [0.25, 0.3) is 0 Å². The van der Waals surface area contributed by atoms with Gasteiger partial charge in [0.2, 0.25) is 5.91 Å². The van der Waals surface area contributed by atoms with Crippen LogP contribution in [0.1, 0.15) is 18.9 Å². The Labute approximate surface area is 131 Å². The third kappa shape index (κ3) is 9.47. The van der Waals surface area contributed by atoms with E-state index in [2.05, 4.69) is 27.1 Å². The maximum Gasteiger partial charge on any atom is 0.216 e. The first-order valence-corrected chi connectivity index (χ1v) is 7.87. The molecule has 5 nitrogen and oxygen atoms in total. The summed E-state index contributed by atoms with van der Waals surface area (Å²) in [4.78, 5) is 10.7. The molecular weight excluding hydrogens is 286 g/mol. The summed E-state index contributed by atoms with van der Waals surface area (Å²) in [5.74, 6) is 0.0283. The van der Waals surface area contributed by atoms with Crippen molar-refractivity contribution in [1.29, 1.82) is 0 Å². The molecule has 0 radical (unpaired) electrons. The molecule has 21 heavy (non-hydrogen) atoms. The molecule has 1 aromatic carbocycles. The third-order valence-corrected chi connectivity index (χ3v) is 3.50. The maximum atomic E-state index is 10.7. The number of rotatable bonds is 11. The quantitative estimate of drug-likeness (QED) is 0.371. The minimum atomic E-state index is 0.0283. The molecule has 0 aliphatic carbocycles. The first-order chi connectivity index (χ1) is 10.2. The van der Waals surface area contributed by atoms with Gasteiger partial charge >= 0.3 is 0 Å². The van der Waals surface area contributed by atoms with Crippen LogP contribution in [0.4, 0.5) is 0 Å². The fourth-order valence-electron chi connectivity index (χ4n) is 1.84. The smallest absolute Gasteiger partial charge is 0.216 e. The molecule has 6 heteroatoms. The molecule has 0 bridgehead atoms. The van der Waals surface area contributed by atoms with Gasteiger partial charge < -0.3 is 14.8 Å². The van der Waals surface area contributed by atoms with Crippen LogP contribution in [0.15, 0.2) is 30.3 Å². The van der Waals surface area contributed by atoms with Gasteiger partial charge in [0.1, 0.15) is 0 Å². The molecule has 118 valence electrons. The summed E-state index contributed by atoms with van der Waals surface area (Å²) in [5, 5.41) is 6.16. The van der Waals surface area contributed by atoms with Crippen LogP contribution in [-0.4, -0.2) is 43.5 Å². The Morgan fingerprint density at radius 1 is 1.24 bits per heavy atom. The van der Waals surface area contributed by atoms with Crippen molar-refractivity contribution in [2.24, 2.45) is 0 Å². The zero-order valence-electron chi connectivity index (χ0n) is 12.8. The van der Waals surface area contributed by atoms with E-state index in [1.54, 1.807) is 7.11 Å². The van der Waals surface area contributed by atoms with Crippen molar-refractivity contribution in [3.05, 3.63) is 35.9 Å². The van der Waals surface area contributed by atoms with Crippen molar-refractivity contribution in [3.63, 3.8) is 0 Å². The van der Waals surface area contributed by atoms with Gasteiger partial charge in [-0.2, -0.15) is 0 Å². The fraction of sp³-hybridized carbons (Fsp3) is 0.533. The summed E-state index contributed by atoms with van der Waals surface area (Å²) >= 11 is 1.38. The van der Waals surface area contributed by atoms with Crippen molar-refractivity contribution < 1.29 is 8.98 Å². The lowest BCUT2D eigenvalue weighted by Crippen LogP contribution is -2.30. The molecule has 0 spiro atoms. The van der Waals surface area contributed by atoms with Crippen LogP contribution < -0.4 is 10.6 Å². The average molecular weight is 311 g/mol. The molecular formula is C15H25N3O2S. The minimum Gasteiger partial charge on any atom is -0.356 e. The van der Waals surface area contributed by atoms with Gasteiger partial charge in [0.05, 0.1) is 19.3 Å². The largest absolute Gasteiger partial charge is 0.356 e. The molecule has 0 aromatic heterocycles. The Bertz CT molecular complexity index is 390. The molecule has 0 saturated carbocycles. The van der Waals surface area contributed by atoms with E-state index in [4.69, 9.17) is 4.18 Å². The van der Waals surface area contributed by atoms with E-state index in [-0.39, 0.29) is 5.91 Å². The van der Waals surface area contributed by atoms with Gasteiger partial charge in [-0.05, 0) is 18.5 Å². The molecule has 0 aliphatic heterocycles. The number of hydrogen-bond acceptors (Lipinski definition) is 5. The molecule has 0 saturated heterocycles. The molecule has 2 N–H and O–H groups in total. The number of hydrogen-bond donors (Lipinski definition) is 2. The molecule has 1 aromatic rings. The normalized spacial score (nSPS) is 10.8. The number of nitrogens with zero attached hydrogens (tertiary/aromatic N) is 1. The van der Waals surface area contributed by atoms with Gasteiger partial charge in [-0.15, -0.1) is 0 Å². The second-order valence-electron chi connectivity index (χ2n) is 4.68. The average Bonchev–Trinajstić information content (AvgIpc) is 2.47. The van der Waals surface area contributed by atoms with Crippen molar-refractivity contribution in [2.45, 2.75) is 19.9 Å². The minimum absolute atomic E-state index is 0.0283. The summed E-state index contributed by atoms with van der Waals surface area (Å²) in [6.07, 6.45) is 0.940. The summed E-state index contributed by atoms with van der Waals surface area (Å²) < 4.78 is 7.34. The first kappa shape index (κ1) is 18.0. The van der Waals surface area contributed by atoms with Gasteiger partial charge in [0.15, 0.2) is 0 Å². The Hall–Kier alpha value is -1.08. The van der Waals surface area contributed by atoms with Crippen LogP contribution in [0.2, 0.25) is 0 Å². The Kier molecular flexibility index (Phi) is 9.90. The van der Waals surface area contributed by atoms with Gasteiger partial charge in [-0.3, -0.25) is 4.79 Å². The van der Waals surface area contributed by atoms with Crippen LogP contribution in [0.5, 0.6) is 0 Å². The number of carbonyl (C=O) groups excluding carboxylic acids is 1. The highest BCUT2D eigenvalue weighted by atomic mass is 32.2. The third-order valence-electron chi connectivity index (χ3n) is 2.82. The van der Waals surface area contributed by atoms with Crippen LogP contribution in [0.25, 0.3) is 0 Å². The predicted molar refractivity (Wildman–Crippen MR) is 87.6 cm³/mol. The van der Waals surface area contributed by atoms with E-state index in [0.717, 1.165) is 39.1 Å². The number of benzene rings is 1. The SMILES string of the molecule is COSN(CCNCCCNC(C)=O)Cc1ccccc1. The molecule has 0 atom stereocenters. The zero-order valence-corrected chi connectivity index (χ0v) is 13.6. The molecule has 1 amide bonds. The first-order valence-electron chi connectivity index (χ1n) is 7.17. The molecule has 0 unspecified atom stereocenters. The number of carbonyl (C=O) groups is 1. The highest BCUT2D eigenvalue weighted by Gasteiger charge is 2.06. The Morgan fingerprint density at radius 3 is 2.67 bits per heavy atom. The highest BCUT2D eigenvalue weighted by molar-refractivity contribution is 7.92. The molecule has 1 rings (SSSR count). The molecule has 0 aliphatic rings. The lowest BCUT2D eigenvalue weighted by Gasteiger charge is -2.19. The van der Waals surface area contributed by atoms with Gasteiger partial charge in [-0.25, -0.2) is 4.31 Å². The standard InChI is InChI=1S/C15H25N3O2S/c1-14(19)17-10-6-9-16-11-12-18(21-20-2)13-15-7-4-3-5-8-15/h3-5,7-8,16H,6,9-13H2,1-2H3,(H,17,19). The van der Waals surface area contributed by atoms with Crippen LogP contribution in [-0.2, 0) is 15.5 Å². The summed E-state index contributed by atoms with van der Waals surface area (Å²) in [6, 6.07) is 10.3. The lowest BCUT2D eigenvalue weighted by atomic mass is 10.2. The Morgan fingerprint density at radius 2 is 2.00 bits per heavy atom. The summed E-state index contributed by atoms with van der Waals surface area (Å²) in [7, 11) is 1.68. The summed E-state index contributed by atoms with van der Waals surface area (Å²) in [5.41, 5.74) is 1.27. The van der Waals surface area contributed by atoms with E-state index >= 15 is 0 Å². The van der Waals surface area contributed by atoms with Crippen LogP contribution in [0.3, 0.4) is 0 Å². The van der Waals surface area contributed by atoms with Gasteiger partial charge in [0, 0.05) is 33.1 Å². The van der Waals surface area contributed by atoms with E-state index in [0.29, 0.717) is 0 Å². The lowest BCUT2D eigenvalue weighted by molar-refractivity contribution is -0.118. The van der Waals surface area contributed by atoms with E-state index in [9.17, 15) is 4.79 Å².